The van der Waals surface area contributed by atoms with E-state index in [0.29, 0.717) is 43.9 Å². The van der Waals surface area contributed by atoms with Gasteiger partial charge in [0.2, 0.25) is 11.8 Å². The lowest BCUT2D eigenvalue weighted by molar-refractivity contribution is -0.148. The van der Waals surface area contributed by atoms with Crippen LogP contribution in [-0.2, 0) is 25.5 Å². The Labute approximate surface area is 222 Å². The van der Waals surface area contributed by atoms with Crippen LogP contribution in [0.25, 0.3) is 0 Å². The monoisotopic (exact) mass is 529 g/mol. The minimum absolute atomic E-state index is 0.114. The Morgan fingerprint density at radius 3 is 2.38 bits per heavy atom. The number of rotatable bonds is 12. The van der Waals surface area contributed by atoms with E-state index in [1.165, 1.54) is 11.8 Å². The molecule has 0 radical (unpaired) electrons. The topological polar surface area (TPSA) is 115 Å². The molecular formula is C27H35N3O6S. The molecule has 10 heteroatoms. The van der Waals surface area contributed by atoms with E-state index in [9.17, 15) is 14.4 Å². The Hall–Kier alpha value is -3.24. The lowest BCUT2D eigenvalue weighted by Gasteiger charge is -2.37. The van der Waals surface area contributed by atoms with Gasteiger partial charge in [0, 0.05) is 11.3 Å². The van der Waals surface area contributed by atoms with Gasteiger partial charge in [0.15, 0.2) is 11.5 Å². The standard InChI is InChI=1S/C27H35N3O6S/c1-4-36-25(32)21(16-19-8-6-5-7-9-19)29-26(33)27(12-14-28-15-13-27)30-24(31)18-37-20-10-11-22(34-2)23(17-20)35-3/h5-11,17,21,28H,4,12-16,18H2,1-3H3,(H,29,33)(H,30,31). The van der Waals surface area contributed by atoms with Crippen molar-refractivity contribution < 1.29 is 28.6 Å². The predicted molar refractivity (Wildman–Crippen MR) is 142 cm³/mol. The number of ether oxygens (including phenoxy) is 3. The van der Waals surface area contributed by atoms with Crippen LogP contribution in [0.1, 0.15) is 25.3 Å². The fourth-order valence-corrected chi connectivity index (χ4v) is 4.93. The molecule has 37 heavy (non-hydrogen) atoms. The van der Waals surface area contributed by atoms with Gasteiger partial charge in [-0.2, -0.15) is 0 Å². The van der Waals surface area contributed by atoms with Gasteiger partial charge in [-0.25, -0.2) is 4.79 Å². The van der Waals surface area contributed by atoms with Crippen LogP contribution in [0.15, 0.2) is 53.4 Å². The van der Waals surface area contributed by atoms with Crippen LogP contribution in [-0.4, -0.2) is 69.0 Å². The molecular weight excluding hydrogens is 494 g/mol. The first-order chi connectivity index (χ1) is 17.9. The first-order valence-corrected chi connectivity index (χ1v) is 13.3. The molecule has 0 aliphatic carbocycles. The molecule has 2 aromatic carbocycles. The minimum atomic E-state index is -1.12. The van der Waals surface area contributed by atoms with Gasteiger partial charge in [-0.3, -0.25) is 9.59 Å². The summed E-state index contributed by atoms with van der Waals surface area (Å²) in [5.41, 5.74) is -0.224. The molecule has 2 aromatic rings. The van der Waals surface area contributed by atoms with Crippen LogP contribution in [0.2, 0.25) is 0 Å². The second-order valence-electron chi connectivity index (χ2n) is 8.65. The van der Waals surface area contributed by atoms with E-state index in [4.69, 9.17) is 14.2 Å². The molecule has 200 valence electrons. The lowest BCUT2D eigenvalue weighted by atomic mass is 9.86. The molecule has 0 saturated carbocycles. The Bertz CT molecular complexity index is 1060. The molecule has 3 N–H and O–H groups in total. The molecule has 3 rings (SSSR count). The SMILES string of the molecule is CCOC(=O)C(Cc1ccccc1)NC(=O)C1(NC(=O)CSc2ccc(OC)c(OC)c2)CCNCC1. The number of thioether (sulfide) groups is 1. The van der Waals surface area contributed by atoms with Gasteiger partial charge in [0.25, 0.3) is 0 Å². The summed E-state index contributed by atoms with van der Waals surface area (Å²) in [7, 11) is 3.12. The largest absolute Gasteiger partial charge is 0.493 e. The van der Waals surface area contributed by atoms with Crippen LogP contribution in [0.3, 0.4) is 0 Å². The lowest BCUT2D eigenvalue weighted by Crippen LogP contribution is -2.65. The third-order valence-corrected chi connectivity index (χ3v) is 7.15. The summed E-state index contributed by atoms with van der Waals surface area (Å²) in [6, 6.07) is 14.0. The summed E-state index contributed by atoms with van der Waals surface area (Å²) < 4.78 is 15.8. The number of esters is 1. The van der Waals surface area contributed by atoms with Crippen molar-refractivity contribution in [2.75, 3.05) is 39.7 Å². The van der Waals surface area contributed by atoms with E-state index in [2.05, 4.69) is 16.0 Å². The van der Waals surface area contributed by atoms with E-state index >= 15 is 0 Å². The Balaban J connectivity index is 1.70. The number of hydrogen-bond acceptors (Lipinski definition) is 8. The van der Waals surface area contributed by atoms with E-state index in [1.54, 1.807) is 33.3 Å². The first-order valence-electron chi connectivity index (χ1n) is 12.3. The zero-order chi connectivity index (χ0) is 26.7. The van der Waals surface area contributed by atoms with Crippen molar-refractivity contribution in [1.29, 1.82) is 0 Å². The summed E-state index contributed by atoms with van der Waals surface area (Å²) in [6.07, 6.45) is 1.11. The normalized spacial score (nSPS) is 15.2. The highest BCUT2D eigenvalue weighted by atomic mass is 32.2. The number of piperidine rings is 1. The van der Waals surface area contributed by atoms with Crippen molar-refractivity contribution in [3.8, 4) is 11.5 Å². The Kier molecular flexibility index (Phi) is 10.6. The van der Waals surface area contributed by atoms with Crippen LogP contribution in [0.4, 0.5) is 0 Å². The molecule has 1 fully saturated rings. The van der Waals surface area contributed by atoms with Crippen LogP contribution in [0, 0.1) is 0 Å². The highest BCUT2D eigenvalue weighted by Crippen LogP contribution is 2.32. The number of carbonyl (C=O) groups is 3. The van der Waals surface area contributed by atoms with Gasteiger partial charge in [-0.1, -0.05) is 30.3 Å². The van der Waals surface area contributed by atoms with E-state index in [0.717, 1.165) is 10.5 Å². The predicted octanol–water partition coefficient (Wildman–Crippen LogP) is 2.32. The quantitative estimate of drug-likeness (QED) is 0.284. The van der Waals surface area contributed by atoms with Crippen molar-refractivity contribution in [2.45, 2.75) is 42.7 Å². The molecule has 0 aromatic heterocycles. The molecule has 1 aliphatic heterocycles. The molecule has 9 nitrogen and oxygen atoms in total. The average Bonchev–Trinajstić information content (AvgIpc) is 2.92. The zero-order valence-electron chi connectivity index (χ0n) is 21.5. The van der Waals surface area contributed by atoms with E-state index < -0.39 is 17.6 Å². The summed E-state index contributed by atoms with van der Waals surface area (Å²) in [5, 5.41) is 9.08. The smallest absolute Gasteiger partial charge is 0.328 e. The van der Waals surface area contributed by atoms with Crippen LogP contribution < -0.4 is 25.4 Å². The number of methoxy groups -OCH3 is 2. The molecule has 2 amide bonds. The highest BCUT2D eigenvalue weighted by molar-refractivity contribution is 8.00. The number of amides is 2. The molecule has 1 atom stereocenters. The number of hydrogen-bond donors (Lipinski definition) is 3. The van der Waals surface area contributed by atoms with Crippen LogP contribution in [0.5, 0.6) is 11.5 Å². The molecule has 1 saturated heterocycles. The van der Waals surface area contributed by atoms with Gasteiger partial charge < -0.3 is 30.2 Å². The minimum Gasteiger partial charge on any atom is -0.493 e. The maximum absolute atomic E-state index is 13.6. The summed E-state index contributed by atoms with van der Waals surface area (Å²) in [6.45, 7) is 3.07. The van der Waals surface area contributed by atoms with Gasteiger partial charge in [0.1, 0.15) is 11.6 Å². The van der Waals surface area contributed by atoms with E-state index in [1.807, 2.05) is 36.4 Å². The third kappa shape index (κ3) is 7.87. The van der Waals surface area contributed by atoms with Crippen molar-refractivity contribution in [3.05, 3.63) is 54.1 Å². The summed E-state index contributed by atoms with van der Waals surface area (Å²) in [4.78, 5) is 40.1. The van der Waals surface area contributed by atoms with Crippen molar-refractivity contribution in [1.82, 2.24) is 16.0 Å². The van der Waals surface area contributed by atoms with Gasteiger partial charge in [0.05, 0.1) is 26.6 Å². The number of benzene rings is 2. The van der Waals surface area contributed by atoms with Gasteiger partial charge in [-0.15, -0.1) is 11.8 Å². The second-order valence-corrected chi connectivity index (χ2v) is 9.70. The van der Waals surface area contributed by atoms with Gasteiger partial charge >= 0.3 is 5.97 Å². The molecule has 0 spiro atoms. The Morgan fingerprint density at radius 1 is 1.03 bits per heavy atom. The number of nitrogens with one attached hydrogen (secondary N) is 3. The van der Waals surface area contributed by atoms with E-state index in [-0.39, 0.29) is 24.2 Å². The molecule has 1 unspecified atom stereocenters. The zero-order valence-corrected chi connectivity index (χ0v) is 22.3. The van der Waals surface area contributed by atoms with Crippen molar-refractivity contribution in [3.63, 3.8) is 0 Å². The molecule has 1 aliphatic rings. The maximum atomic E-state index is 13.6. The fraction of sp³-hybridized carbons (Fsp3) is 0.444. The van der Waals surface area contributed by atoms with Crippen molar-refractivity contribution in [2.24, 2.45) is 0 Å². The average molecular weight is 530 g/mol. The summed E-state index contributed by atoms with van der Waals surface area (Å²) >= 11 is 1.33. The third-order valence-electron chi connectivity index (χ3n) is 6.15. The first kappa shape index (κ1) is 28.3. The molecule has 0 bridgehead atoms. The highest BCUT2D eigenvalue weighted by Gasteiger charge is 2.42. The Morgan fingerprint density at radius 2 is 1.73 bits per heavy atom. The summed E-state index contributed by atoms with van der Waals surface area (Å²) in [5.74, 6) is 0.140. The molecule has 1 heterocycles. The fourth-order valence-electron chi connectivity index (χ4n) is 4.20. The number of carbonyl (C=O) groups excluding carboxylic acids is 3. The maximum Gasteiger partial charge on any atom is 0.328 e. The van der Waals surface area contributed by atoms with Gasteiger partial charge in [-0.05, 0) is 56.6 Å². The van der Waals surface area contributed by atoms with Crippen molar-refractivity contribution >= 4 is 29.5 Å². The second kappa shape index (κ2) is 13.9. The van der Waals surface area contributed by atoms with Crippen LogP contribution >= 0.6 is 11.8 Å².